The fourth-order valence-electron chi connectivity index (χ4n) is 1.51. The van der Waals surface area contributed by atoms with E-state index in [0.717, 1.165) is 12.0 Å². The van der Waals surface area contributed by atoms with Gasteiger partial charge in [0.05, 0.1) is 6.20 Å². The van der Waals surface area contributed by atoms with Gasteiger partial charge in [0.1, 0.15) is 5.82 Å². The van der Waals surface area contributed by atoms with E-state index in [0.29, 0.717) is 17.9 Å². The molecule has 2 rings (SSSR count). The SMILES string of the molecule is NCCc1ccc(C(=O)Nc2ccn[nH]2)cc1. The molecule has 1 amide bonds. The highest BCUT2D eigenvalue weighted by atomic mass is 16.1. The second kappa shape index (κ2) is 5.27. The Morgan fingerprint density at radius 1 is 1.29 bits per heavy atom. The molecule has 2 aromatic rings. The number of nitrogens with two attached hydrogens (primary N) is 1. The van der Waals surface area contributed by atoms with Gasteiger partial charge in [-0.2, -0.15) is 5.10 Å². The Kier molecular flexibility index (Phi) is 3.52. The van der Waals surface area contributed by atoms with Crippen LogP contribution in [0.2, 0.25) is 0 Å². The van der Waals surface area contributed by atoms with Crippen LogP contribution in [0.4, 0.5) is 5.82 Å². The van der Waals surface area contributed by atoms with Gasteiger partial charge in [-0.1, -0.05) is 12.1 Å². The summed E-state index contributed by atoms with van der Waals surface area (Å²) in [5.74, 6) is 0.426. The van der Waals surface area contributed by atoms with Crippen LogP contribution in [0.15, 0.2) is 36.5 Å². The van der Waals surface area contributed by atoms with Gasteiger partial charge in [-0.25, -0.2) is 0 Å². The highest BCUT2D eigenvalue weighted by Gasteiger charge is 2.06. The molecule has 0 aliphatic heterocycles. The van der Waals surface area contributed by atoms with Gasteiger partial charge in [0.25, 0.3) is 5.91 Å². The van der Waals surface area contributed by atoms with E-state index in [1.54, 1.807) is 24.4 Å². The van der Waals surface area contributed by atoms with E-state index in [1.807, 2.05) is 12.1 Å². The summed E-state index contributed by atoms with van der Waals surface area (Å²) >= 11 is 0. The summed E-state index contributed by atoms with van der Waals surface area (Å²) in [5.41, 5.74) is 7.20. The third-order valence-corrected chi connectivity index (χ3v) is 2.40. The topological polar surface area (TPSA) is 83.8 Å². The van der Waals surface area contributed by atoms with Crippen LogP contribution >= 0.6 is 0 Å². The number of hydrogen-bond donors (Lipinski definition) is 3. The van der Waals surface area contributed by atoms with E-state index >= 15 is 0 Å². The quantitative estimate of drug-likeness (QED) is 0.737. The highest BCUT2D eigenvalue weighted by Crippen LogP contribution is 2.07. The van der Waals surface area contributed by atoms with Crippen LogP contribution < -0.4 is 11.1 Å². The first-order chi connectivity index (χ1) is 8.29. The summed E-state index contributed by atoms with van der Waals surface area (Å²) in [7, 11) is 0. The standard InChI is InChI=1S/C12H14N4O/c13-7-5-9-1-3-10(4-2-9)12(17)15-11-6-8-14-16-11/h1-4,6,8H,5,7,13H2,(H2,14,15,16,17). The monoisotopic (exact) mass is 230 g/mol. The molecule has 17 heavy (non-hydrogen) atoms. The number of rotatable bonds is 4. The summed E-state index contributed by atoms with van der Waals surface area (Å²) in [6.07, 6.45) is 2.41. The normalized spacial score (nSPS) is 10.2. The second-order valence-electron chi connectivity index (χ2n) is 3.66. The number of nitrogens with one attached hydrogen (secondary N) is 2. The summed E-state index contributed by atoms with van der Waals surface area (Å²) < 4.78 is 0. The van der Waals surface area contributed by atoms with Crippen LogP contribution in [0, 0.1) is 0 Å². The average molecular weight is 230 g/mol. The van der Waals surface area contributed by atoms with Gasteiger partial charge in [0.15, 0.2) is 0 Å². The minimum absolute atomic E-state index is 0.159. The van der Waals surface area contributed by atoms with E-state index in [2.05, 4.69) is 15.5 Å². The molecule has 88 valence electrons. The number of carbonyl (C=O) groups is 1. The summed E-state index contributed by atoms with van der Waals surface area (Å²) in [6, 6.07) is 9.09. The smallest absolute Gasteiger partial charge is 0.256 e. The third-order valence-electron chi connectivity index (χ3n) is 2.40. The molecule has 5 heteroatoms. The minimum Gasteiger partial charge on any atom is -0.330 e. The lowest BCUT2D eigenvalue weighted by Gasteiger charge is -2.03. The molecule has 1 aromatic heterocycles. The van der Waals surface area contributed by atoms with Gasteiger partial charge < -0.3 is 11.1 Å². The number of carbonyl (C=O) groups excluding carboxylic acids is 1. The Labute approximate surface area is 99.0 Å². The maximum Gasteiger partial charge on any atom is 0.256 e. The van der Waals surface area contributed by atoms with Crippen LogP contribution in [0.3, 0.4) is 0 Å². The van der Waals surface area contributed by atoms with Gasteiger partial charge in [-0.3, -0.25) is 9.89 Å². The molecule has 1 heterocycles. The molecule has 0 bridgehead atoms. The Balaban J connectivity index is 2.04. The van der Waals surface area contributed by atoms with Crippen molar-refractivity contribution in [1.82, 2.24) is 10.2 Å². The van der Waals surface area contributed by atoms with Crippen molar-refractivity contribution in [3.05, 3.63) is 47.7 Å². The molecule has 0 radical (unpaired) electrons. The number of benzene rings is 1. The summed E-state index contributed by atoms with van der Waals surface area (Å²) in [4.78, 5) is 11.8. The molecule has 0 unspecified atom stereocenters. The van der Waals surface area contributed by atoms with Crippen molar-refractivity contribution in [2.24, 2.45) is 5.73 Å². The molecule has 0 aliphatic rings. The molecule has 0 atom stereocenters. The van der Waals surface area contributed by atoms with Crippen molar-refractivity contribution in [3.63, 3.8) is 0 Å². The maximum absolute atomic E-state index is 11.8. The molecular formula is C12H14N4O. The van der Waals surface area contributed by atoms with Gasteiger partial charge in [-0.05, 0) is 30.7 Å². The van der Waals surface area contributed by atoms with Gasteiger partial charge in [0, 0.05) is 11.6 Å². The molecule has 0 saturated heterocycles. The van der Waals surface area contributed by atoms with Gasteiger partial charge >= 0.3 is 0 Å². The molecule has 1 aromatic carbocycles. The average Bonchev–Trinajstić information content (AvgIpc) is 2.83. The Morgan fingerprint density at radius 3 is 2.65 bits per heavy atom. The van der Waals surface area contributed by atoms with Crippen molar-refractivity contribution < 1.29 is 4.79 Å². The van der Waals surface area contributed by atoms with Gasteiger partial charge in [0.2, 0.25) is 0 Å². The first-order valence-corrected chi connectivity index (χ1v) is 5.39. The fourth-order valence-corrected chi connectivity index (χ4v) is 1.51. The number of nitrogens with zero attached hydrogens (tertiary/aromatic N) is 1. The van der Waals surface area contributed by atoms with E-state index in [-0.39, 0.29) is 5.91 Å². The van der Waals surface area contributed by atoms with Crippen LogP contribution in [-0.2, 0) is 6.42 Å². The van der Waals surface area contributed by atoms with Crippen molar-refractivity contribution in [2.45, 2.75) is 6.42 Å². The van der Waals surface area contributed by atoms with Crippen LogP contribution in [0.25, 0.3) is 0 Å². The number of H-pyrrole nitrogens is 1. The van der Waals surface area contributed by atoms with Crippen molar-refractivity contribution in [3.8, 4) is 0 Å². The lowest BCUT2D eigenvalue weighted by atomic mass is 10.1. The second-order valence-corrected chi connectivity index (χ2v) is 3.66. The zero-order chi connectivity index (χ0) is 12.1. The number of aromatic nitrogens is 2. The molecule has 0 aliphatic carbocycles. The lowest BCUT2D eigenvalue weighted by molar-refractivity contribution is 0.102. The molecule has 0 fully saturated rings. The molecular weight excluding hydrogens is 216 g/mol. The lowest BCUT2D eigenvalue weighted by Crippen LogP contribution is -2.12. The van der Waals surface area contributed by atoms with E-state index in [9.17, 15) is 4.79 Å². The Hall–Kier alpha value is -2.14. The first kappa shape index (κ1) is 11.3. The molecule has 0 spiro atoms. The summed E-state index contributed by atoms with van der Waals surface area (Å²) in [6.45, 7) is 0.611. The molecule has 4 N–H and O–H groups in total. The zero-order valence-corrected chi connectivity index (χ0v) is 9.31. The maximum atomic E-state index is 11.8. The van der Waals surface area contributed by atoms with E-state index < -0.39 is 0 Å². The zero-order valence-electron chi connectivity index (χ0n) is 9.31. The number of anilines is 1. The van der Waals surface area contributed by atoms with E-state index in [1.165, 1.54) is 0 Å². The van der Waals surface area contributed by atoms with Gasteiger partial charge in [-0.15, -0.1) is 0 Å². The molecule has 0 saturated carbocycles. The Bertz CT molecular complexity index is 476. The first-order valence-electron chi connectivity index (χ1n) is 5.39. The highest BCUT2D eigenvalue weighted by molar-refractivity contribution is 6.03. The summed E-state index contributed by atoms with van der Waals surface area (Å²) in [5, 5.41) is 9.13. The fraction of sp³-hybridized carbons (Fsp3) is 0.167. The van der Waals surface area contributed by atoms with Crippen molar-refractivity contribution in [1.29, 1.82) is 0 Å². The predicted molar refractivity (Wildman–Crippen MR) is 65.7 cm³/mol. The van der Waals surface area contributed by atoms with Crippen LogP contribution in [0.5, 0.6) is 0 Å². The van der Waals surface area contributed by atoms with Crippen molar-refractivity contribution in [2.75, 3.05) is 11.9 Å². The Morgan fingerprint density at radius 2 is 2.06 bits per heavy atom. The largest absolute Gasteiger partial charge is 0.330 e. The van der Waals surface area contributed by atoms with Crippen LogP contribution in [0.1, 0.15) is 15.9 Å². The number of aromatic amines is 1. The van der Waals surface area contributed by atoms with Crippen molar-refractivity contribution >= 4 is 11.7 Å². The number of hydrogen-bond acceptors (Lipinski definition) is 3. The third kappa shape index (κ3) is 2.92. The predicted octanol–water partition coefficient (Wildman–Crippen LogP) is 1.16. The molecule has 5 nitrogen and oxygen atoms in total. The minimum atomic E-state index is -0.159. The number of amides is 1. The van der Waals surface area contributed by atoms with Crippen LogP contribution in [-0.4, -0.2) is 22.6 Å². The van der Waals surface area contributed by atoms with E-state index in [4.69, 9.17) is 5.73 Å².